The van der Waals surface area contributed by atoms with E-state index in [2.05, 4.69) is 17.6 Å². The first kappa shape index (κ1) is 25.8. The predicted octanol–water partition coefficient (Wildman–Crippen LogP) is 4.61. The maximum atomic E-state index is 11.8. The maximum Gasteiger partial charge on any atom is 0.271 e. The Balaban J connectivity index is 0.00000342. The van der Waals surface area contributed by atoms with E-state index < -0.39 is 16.6 Å². The Bertz CT molecular complexity index is 1360. The summed E-state index contributed by atoms with van der Waals surface area (Å²) in [7, 11) is 3.27. The summed E-state index contributed by atoms with van der Waals surface area (Å²) in [5, 5.41) is 16.3. The first-order chi connectivity index (χ1) is 16.4. The summed E-state index contributed by atoms with van der Waals surface area (Å²) < 4.78 is 10.7. The third-order valence-electron chi connectivity index (χ3n) is 5.83. The molecule has 3 N–H and O–H groups in total. The van der Waals surface area contributed by atoms with Crippen LogP contribution in [0, 0.1) is 0 Å². The van der Waals surface area contributed by atoms with Crippen LogP contribution in [0.25, 0.3) is 0 Å². The summed E-state index contributed by atoms with van der Waals surface area (Å²) in [6.45, 7) is 2.08. The molecule has 0 radical (unpaired) electrons. The van der Waals surface area contributed by atoms with Gasteiger partial charge in [0.2, 0.25) is 0 Å². The molecule has 0 saturated heterocycles. The topological polar surface area (TPSA) is 96.9 Å². The van der Waals surface area contributed by atoms with Crippen LogP contribution in [0.2, 0.25) is 0 Å². The first-order valence-electron chi connectivity index (χ1n) is 10.8. The van der Waals surface area contributed by atoms with Gasteiger partial charge in [-0.2, -0.15) is 0 Å². The molecule has 0 spiro atoms. The molecule has 182 valence electrons. The predicted molar refractivity (Wildman–Crippen MR) is 139 cm³/mol. The highest BCUT2D eigenvalue weighted by Gasteiger charge is 2.22. The molecule has 4 aromatic rings. The van der Waals surface area contributed by atoms with Gasteiger partial charge >= 0.3 is 0 Å². The highest BCUT2D eigenvalue weighted by molar-refractivity contribution is 5.85. The zero-order valence-corrected chi connectivity index (χ0v) is 20.4. The zero-order valence-electron chi connectivity index (χ0n) is 19.6. The summed E-state index contributed by atoms with van der Waals surface area (Å²) in [6, 6.07) is 23.0. The van der Waals surface area contributed by atoms with Crippen molar-refractivity contribution in [2.24, 2.45) is 0 Å². The lowest BCUT2D eigenvalue weighted by molar-refractivity contribution is 0.412. The monoisotopic (exact) mass is 494 g/mol. The summed E-state index contributed by atoms with van der Waals surface area (Å²) in [5.41, 5.74) is 1.94. The molecular weight excluding hydrogens is 468 g/mol. The van der Waals surface area contributed by atoms with Crippen molar-refractivity contribution in [1.82, 2.24) is 5.32 Å². The number of ether oxygens (including phenoxy) is 2. The Morgan fingerprint density at radius 3 is 2.09 bits per heavy atom. The summed E-state index contributed by atoms with van der Waals surface area (Å²) in [6.07, 6.45) is 0. The number of aromatic hydroxyl groups is 1. The molecule has 4 rings (SSSR count). The number of methoxy groups -OCH3 is 2. The van der Waals surface area contributed by atoms with Gasteiger partial charge in [-0.1, -0.05) is 36.4 Å². The lowest BCUT2D eigenvalue weighted by Gasteiger charge is -2.26. The van der Waals surface area contributed by atoms with Crippen molar-refractivity contribution in [2.75, 3.05) is 19.5 Å². The van der Waals surface area contributed by atoms with E-state index in [1.807, 2.05) is 66.7 Å². The molecule has 35 heavy (non-hydrogen) atoms. The number of hydrogen-bond acceptors (Lipinski definition) is 7. The van der Waals surface area contributed by atoms with Gasteiger partial charge in [0, 0.05) is 11.7 Å². The van der Waals surface area contributed by atoms with Crippen LogP contribution in [0.15, 0.2) is 82.4 Å². The quantitative estimate of drug-likeness (QED) is 0.292. The molecule has 8 heteroatoms. The molecule has 0 saturated carbocycles. The van der Waals surface area contributed by atoms with Crippen LogP contribution in [0.4, 0.5) is 11.4 Å². The molecule has 0 bridgehead atoms. The lowest BCUT2D eigenvalue weighted by atomic mass is 9.96. The van der Waals surface area contributed by atoms with Crippen LogP contribution in [0.5, 0.6) is 17.2 Å². The van der Waals surface area contributed by atoms with E-state index >= 15 is 0 Å². The van der Waals surface area contributed by atoms with Crippen LogP contribution >= 0.6 is 12.4 Å². The van der Waals surface area contributed by atoms with Gasteiger partial charge in [0.15, 0.2) is 5.75 Å². The fraction of sp³-hybridized carbons (Fsp3) is 0.185. The van der Waals surface area contributed by atoms with E-state index in [1.165, 1.54) is 0 Å². The average molecular weight is 495 g/mol. The van der Waals surface area contributed by atoms with Crippen molar-refractivity contribution in [2.45, 2.75) is 19.0 Å². The minimum Gasteiger partial charge on any atom is -0.502 e. The van der Waals surface area contributed by atoms with Gasteiger partial charge in [-0.05, 0) is 60.0 Å². The Morgan fingerprint density at radius 1 is 0.771 bits per heavy atom. The second-order valence-electron chi connectivity index (χ2n) is 8.00. The number of halogens is 1. The molecule has 2 atom stereocenters. The highest BCUT2D eigenvalue weighted by atomic mass is 35.5. The van der Waals surface area contributed by atoms with Gasteiger partial charge in [-0.15, -0.1) is 12.4 Å². The number of anilines is 2. The molecule has 4 aromatic carbocycles. The van der Waals surface area contributed by atoms with Crippen molar-refractivity contribution >= 4 is 23.8 Å². The summed E-state index contributed by atoms with van der Waals surface area (Å²) in [5.74, 6) is 1.01. The van der Waals surface area contributed by atoms with E-state index in [9.17, 15) is 14.7 Å². The van der Waals surface area contributed by atoms with E-state index in [0.29, 0.717) is 5.69 Å². The number of hydrogen-bond donors (Lipinski definition) is 3. The second kappa shape index (κ2) is 11.1. The standard InChI is InChI=1S/C27H26N2O5.ClH/c1-16(18-6-5-9-22(15-18)34-3)28-23(17-10-12-21(33-2)13-11-17)19-7-4-8-20(14-19)29-24-25(30)27(32)26(24)31;/h4-16,23,28-30H,1-3H3;1H/t16-,23?;/m1./s1. The normalized spacial score (nSPS) is 12.4. The number of benzene rings is 3. The molecule has 1 unspecified atom stereocenters. The Morgan fingerprint density at radius 2 is 1.43 bits per heavy atom. The van der Waals surface area contributed by atoms with Crippen LogP contribution in [0.1, 0.15) is 35.7 Å². The Labute approximate surface area is 209 Å². The summed E-state index contributed by atoms with van der Waals surface area (Å²) >= 11 is 0. The van der Waals surface area contributed by atoms with Gasteiger partial charge in [0.1, 0.15) is 17.2 Å². The Hall–Kier alpha value is -3.81. The number of nitrogens with one attached hydrogen (secondary N) is 2. The van der Waals surface area contributed by atoms with Crippen LogP contribution in [-0.4, -0.2) is 19.3 Å². The van der Waals surface area contributed by atoms with Crippen molar-refractivity contribution in [3.05, 3.63) is 110 Å². The Kier molecular flexibility index (Phi) is 8.17. The minimum atomic E-state index is -0.872. The fourth-order valence-electron chi connectivity index (χ4n) is 3.87. The second-order valence-corrected chi connectivity index (χ2v) is 8.00. The van der Waals surface area contributed by atoms with E-state index in [1.54, 1.807) is 20.3 Å². The largest absolute Gasteiger partial charge is 0.502 e. The smallest absolute Gasteiger partial charge is 0.271 e. The maximum absolute atomic E-state index is 11.8. The first-order valence-corrected chi connectivity index (χ1v) is 10.8. The van der Waals surface area contributed by atoms with Gasteiger partial charge in [-0.25, -0.2) is 0 Å². The van der Waals surface area contributed by atoms with E-state index in [-0.39, 0.29) is 30.2 Å². The van der Waals surface area contributed by atoms with Crippen molar-refractivity contribution in [1.29, 1.82) is 0 Å². The van der Waals surface area contributed by atoms with Gasteiger partial charge in [0.05, 0.1) is 20.3 Å². The SMILES string of the molecule is COc1ccc(C(N[C@H](C)c2cccc(OC)c2)c2cccc(Nc3c(O)c(=O)c3=O)c2)cc1.Cl. The van der Waals surface area contributed by atoms with Crippen LogP contribution in [-0.2, 0) is 0 Å². The molecule has 0 aliphatic carbocycles. The van der Waals surface area contributed by atoms with Gasteiger partial charge < -0.3 is 19.9 Å². The molecule has 0 heterocycles. The highest BCUT2D eigenvalue weighted by Crippen LogP contribution is 2.31. The molecule has 0 aliphatic heterocycles. The van der Waals surface area contributed by atoms with Gasteiger partial charge in [-0.3, -0.25) is 14.9 Å². The molecule has 0 aliphatic rings. The lowest BCUT2D eigenvalue weighted by Crippen LogP contribution is -2.32. The van der Waals surface area contributed by atoms with E-state index in [4.69, 9.17) is 9.47 Å². The molecule has 0 fully saturated rings. The fourth-order valence-corrected chi connectivity index (χ4v) is 3.87. The molecule has 7 nitrogen and oxygen atoms in total. The molecule has 0 amide bonds. The number of rotatable bonds is 9. The molecular formula is C27H27ClN2O5. The van der Waals surface area contributed by atoms with Crippen LogP contribution in [0.3, 0.4) is 0 Å². The van der Waals surface area contributed by atoms with E-state index in [0.717, 1.165) is 28.2 Å². The molecule has 0 aromatic heterocycles. The van der Waals surface area contributed by atoms with Crippen molar-refractivity contribution < 1.29 is 14.6 Å². The zero-order chi connectivity index (χ0) is 24.2. The van der Waals surface area contributed by atoms with Gasteiger partial charge in [0.25, 0.3) is 10.9 Å². The van der Waals surface area contributed by atoms with Crippen molar-refractivity contribution in [3.63, 3.8) is 0 Å². The third-order valence-corrected chi connectivity index (χ3v) is 5.83. The summed E-state index contributed by atoms with van der Waals surface area (Å²) in [4.78, 5) is 23.1. The van der Waals surface area contributed by atoms with Crippen LogP contribution < -0.4 is 31.0 Å². The average Bonchev–Trinajstić information content (AvgIpc) is 2.89. The third kappa shape index (κ3) is 5.48. The van der Waals surface area contributed by atoms with Crippen molar-refractivity contribution in [3.8, 4) is 17.2 Å². The minimum absolute atomic E-state index is 0.